The van der Waals surface area contributed by atoms with E-state index >= 15 is 0 Å². The fraction of sp³-hybridized carbons (Fsp3) is 0.500. The number of hydrogen-bond donors (Lipinski definition) is 0. The Kier molecular flexibility index (Phi) is 4.78. The number of aromatic nitrogens is 1. The van der Waals surface area contributed by atoms with Crippen LogP contribution >= 0.6 is 0 Å². The molecule has 0 spiro atoms. The van der Waals surface area contributed by atoms with E-state index in [-0.39, 0.29) is 17.4 Å². The number of carbonyl (C=O) groups excluding carboxylic acids is 1. The number of likely N-dealkylation sites (tertiary alicyclic amines) is 1. The highest BCUT2D eigenvalue weighted by molar-refractivity contribution is 5.95. The summed E-state index contributed by atoms with van der Waals surface area (Å²) in [5.74, 6) is 0.706. The molecule has 138 valence electrons. The second-order valence-corrected chi connectivity index (χ2v) is 7.23. The highest BCUT2D eigenvalue weighted by Gasteiger charge is 2.49. The number of ether oxygens (including phenoxy) is 2. The third-order valence-electron chi connectivity index (χ3n) is 5.55. The molecule has 0 aromatic carbocycles. The van der Waals surface area contributed by atoms with Gasteiger partial charge in [0.05, 0.1) is 31.1 Å². The zero-order valence-corrected chi connectivity index (χ0v) is 15.0. The molecule has 4 rings (SSSR count). The van der Waals surface area contributed by atoms with Gasteiger partial charge in [-0.1, -0.05) is 0 Å². The van der Waals surface area contributed by atoms with Crippen molar-refractivity contribution in [3.05, 3.63) is 53.7 Å². The van der Waals surface area contributed by atoms with E-state index < -0.39 is 0 Å². The van der Waals surface area contributed by atoms with E-state index in [4.69, 9.17) is 13.9 Å². The highest BCUT2D eigenvalue weighted by Crippen LogP contribution is 2.41. The summed E-state index contributed by atoms with van der Waals surface area (Å²) in [6.45, 7) is 5.07. The predicted molar refractivity (Wildman–Crippen MR) is 94.6 cm³/mol. The average Bonchev–Trinajstić information content (AvgIpc) is 3.27. The molecular weight excluding hydrogens is 332 g/mol. The topological polar surface area (TPSA) is 64.8 Å². The summed E-state index contributed by atoms with van der Waals surface area (Å²) >= 11 is 0. The van der Waals surface area contributed by atoms with Crippen molar-refractivity contribution in [2.45, 2.75) is 32.5 Å². The number of hydrogen-bond acceptors (Lipinski definition) is 5. The van der Waals surface area contributed by atoms with Gasteiger partial charge in [0.15, 0.2) is 0 Å². The van der Waals surface area contributed by atoms with Crippen molar-refractivity contribution in [3.63, 3.8) is 0 Å². The molecule has 0 bridgehead atoms. The largest absolute Gasteiger partial charge is 0.469 e. The van der Waals surface area contributed by atoms with Crippen LogP contribution in [0.1, 0.15) is 34.5 Å². The third kappa shape index (κ3) is 3.27. The lowest BCUT2D eigenvalue weighted by Gasteiger charge is -2.43. The number of nitrogens with zero attached hydrogens (tertiary/aromatic N) is 2. The molecule has 0 saturated carbocycles. The van der Waals surface area contributed by atoms with Crippen molar-refractivity contribution in [3.8, 4) is 0 Å². The van der Waals surface area contributed by atoms with E-state index in [0.29, 0.717) is 37.6 Å². The van der Waals surface area contributed by atoms with Crippen LogP contribution in [-0.2, 0) is 16.1 Å². The van der Waals surface area contributed by atoms with E-state index in [0.717, 1.165) is 25.0 Å². The minimum Gasteiger partial charge on any atom is -0.469 e. The average molecular weight is 356 g/mol. The van der Waals surface area contributed by atoms with E-state index in [1.54, 1.807) is 24.7 Å². The van der Waals surface area contributed by atoms with Crippen molar-refractivity contribution >= 4 is 5.91 Å². The monoisotopic (exact) mass is 356 g/mol. The first-order chi connectivity index (χ1) is 12.7. The first-order valence-corrected chi connectivity index (χ1v) is 9.10. The molecule has 2 saturated heterocycles. The Bertz CT molecular complexity index is 760. The van der Waals surface area contributed by atoms with Gasteiger partial charge in [0, 0.05) is 37.5 Å². The van der Waals surface area contributed by atoms with Crippen molar-refractivity contribution in [2.24, 2.45) is 5.41 Å². The summed E-state index contributed by atoms with van der Waals surface area (Å²) in [6.07, 6.45) is 7.04. The number of piperidine rings is 1. The maximum Gasteiger partial charge on any atom is 0.257 e. The standard InChI is InChI=1S/C20H24N2O4/c1-15-17(5-10-25-15)19(23)22-9-4-18-20(13-22,6-11-26-18)14-24-12-16-2-7-21-8-3-16/h2-3,5,7-8,10,18H,4,6,9,11-14H2,1H3/t18-,20+/m0/s1. The van der Waals surface area contributed by atoms with Crippen LogP contribution in [-0.4, -0.2) is 48.2 Å². The van der Waals surface area contributed by atoms with Crippen LogP contribution in [0.25, 0.3) is 0 Å². The summed E-state index contributed by atoms with van der Waals surface area (Å²) in [4.78, 5) is 18.8. The quantitative estimate of drug-likeness (QED) is 0.824. The Hall–Kier alpha value is -2.18. The van der Waals surface area contributed by atoms with Gasteiger partial charge < -0.3 is 18.8 Å². The number of pyridine rings is 1. The molecule has 2 fully saturated rings. The van der Waals surface area contributed by atoms with Gasteiger partial charge in [-0.3, -0.25) is 9.78 Å². The van der Waals surface area contributed by atoms with Crippen LogP contribution in [0.5, 0.6) is 0 Å². The lowest BCUT2D eigenvalue weighted by Crippen LogP contribution is -2.53. The summed E-state index contributed by atoms with van der Waals surface area (Å²) in [7, 11) is 0. The van der Waals surface area contributed by atoms with Crippen LogP contribution in [0.15, 0.2) is 41.3 Å². The molecule has 26 heavy (non-hydrogen) atoms. The van der Waals surface area contributed by atoms with Gasteiger partial charge in [-0.25, -0.2) is 0 Å². The van der Waals surface area contributed by atoms with Crippen LogP contribution in [0, 0.1) is 12.3 Å². The molecular formula is C20H24N2O4. The molecule has 1 amide bonds. The van der Waals surface area contributed by atoms with Crippen molar-refractivity contribution < 1.29 is 18.7 Å². The summed E-state index contributed by atoms with van der Waals surface area (Å²) in [5, 5.41) is 0. The van der Waals surface area contributed by atoms with Gasteiger partial charge in [-0.05, 0) is 43.5 Å². The molecule has 4 heterocycles. The molecule has 0 radical (unpaired) electrons. The summed E-state index contributed by atoms with van der Waals surface area (Å²) < 4.78 is 17.3. The van der Waals surface area contributed by atoms with Gasteiger partial charge >= 0.3 is 0 Å². The first kappa shape index (κ1) is 17.2. The van der Waals surface area contributed by atoms with E-state index in [9.17, 15) is 4.79 Å². The fourth-order valence-electron chi connectivity index (χ4n) is 4.06. The highest BCUT2D eigenvalue weighted by atomic mass is 16.5. The number of fused-ring (bicyclic) bond motifs is 1. The van der Waals surface area contributed by atoms with Crippen molar-refractivity contribution in [2.75, 3.05) is 26.3 Å². The minimum absolute atomic E-state index is 0.0371. The molecule has 2 aliphatic heterocycles. The number of rotatable bonds is 5. The molecule has 2 aromatic rings. The maximum atomic E-state index is 12.9. The number of aryl methyl sites for hydroxylation is 1. The third-order valence-corrected chi connectivity index (χ3v) is 5.55. The van der Waals surface area contributed by atoms with Crippen LogP contribution in [0.3, 0.4) is 0 Å². The van der Waals surface area contributed by atoms with Crippen molar-refractivity contribution in [1.29, 1.82) is 0 Å². The zero-order chi connectivity index (χ0) is 18.0. The fourth-order valence-corrected chi connectivity index (χ4v) is 4.06. The summed E-state index contributed by atoms with van der Waals surface area (Å²) in [5.41, 5.74) is 1.62. The Labute approximate surface area is 153 Å². The van der Waals surface area contributed by atoms with Crippen LogP contribution < -0.4 is 0 Å². The normalized spacial score (nSPS) is 25.3. The molecule has 2 aromatic heterocycles. The Balaban J connectivity index is 1.44. The molecule has 6 nitrogen and oxygen atoms in total. The van der Waals surface area contributed by atoms with E-state index in [2.05, 4.69) is 4.98 Å². The molecule has 6 heteroatoms. The van der Waals surface area contributed by atoms with Crippen LogP contribution in [0.2, 0.25) is 0 Å². The molecule has 2 aliphatic rings. The van der Waals surface area contributed by atoms with E-state index in [1.165, 1.54) is 0 Å². The Morgan fingerprint density at radius 3 is 3.00 bits per heavy atom. The summed E-state index contributed by atoms with van der Waals surface area (Å²) in [6, 6.07) is 5.67. The number of furan rings is 1. The molecule has 0 unspecified atom stereocenters. The Morgan fingerprint density at radius 2 is 2.23 bits per heavy atom. The smallest absolute Gasteiger partial charge is 0.257 e. The minimum atomic E-state index is -0.126. The van der Waals surface area contributed by atoms with Gasteiger partial charge in [-0.2, -0.15) is 0 Å². The second-order valence-electron chi connectivity index (χ2n) is 7.23. The van der Waals surface area contributed by atoms with E-state index in [1.807, 2.05) is 24.0 Å². The zero-order valence-electron chi connectivity index (χ0n) is 15.0. The van der Waals surface area contributed by atoms with Gasteiger partial charge in [-0.15, -0.1) is 0 Å². The lowest BCUT2D eigenvalue weighted by molar-refractivity contribution is -0.0602. The van der Waals surface area contributed by atoms with Gasteiger partial charge in [0.25, 0.3) is 5.91 Å². The predicted octanol–water partition coefficient (Wildman–Crippen LogP) is 2.82. The first-order valence-electron chi connectivity index (χ1n) is 9.10. The molecule has 0 N–H and O–H groups in total. The van der Waals surface area contributed by atoms with Crippen molar-refractivity contribution in [1.82, 2.24) is 9.88 Å². The van der Waals surface area contributed by atoms with Crippen LogP contribution in [0.4, 0.5) is 0 Å². The SMILES string of the molecule is Cc1occc1C(=O)N1CC[C@@H]2OCC[C@]2(COCc2ccncc2)C1. The number of amides is 1. The Morgan fingerprint density at radius 1 is 1.38 bits per heavy atom. The maximum absolute atomic E-state index is 12.9. The molecule has 0 aliphatic carbocycles. The van der Waals surface area contributed by atoms with Gasteiger partial charge in [0.1, 0.15) is 5.76 Å². The second kappa shape index (κ2) is 7.21. The lowest BCUT2D eigenvalue weighted by atomic mass is 9.77. The molecule has 2 atom stereocenters. The number of carbonyl (C=O) groups is 1. The van der Waals surface area contributed by atoms with Gasteiger partial charge in [0.2, 0.25) is 0 Å².